The van der Waals surface area contributed by atoms with Crippen LogP contribution in [0.2, 0.25) is 0 Å². The average Bonchev–Trinajstić information content (AvgIpc) is 2.89. The molecule has 1 unspecified atom stereocenters. The predicted molar refractivity (Wildman–Crippen MR) is 86.5 cm³/mol. The number of hydrogen-bond donors (Lipinski definition) is 1. The lowest BCUT2D eigenvalue weighted by molar-refractivity contribution is 0.156. The van der Waals surface area contributed by atoms with E-state index in [4.69, 9.17) is 4.98 Å². The topological polar surface area (TPSA) is 32.6 Å². The van der Waals surface area contributed by atoms with Crippen molar-refractivity contribution in [2.75, 3.05) is 19.6 Å². The number of pyridine rings is 1. The van der Waals surface area contributed by atoms with Gasteiger partial charge in [-0.1, -0.05) is 13.0 Å². The molecule has 3 rings (SSSR count). The van der Waals surface area contributed by atoms with Crippen molar-refractivity contribution >= 4 is 5.65 Å². The van der Waals surface area contributed by atoms with Gasteiger partial charge in [-0.15, -0.1) is 0 Å². The quantitative estimate of drug-likeness (QED) is 0.917. The summed E-state index contributed by atoms with van der Waals surface area (Å²) in [5.41, 5.74) is 3.50. The van der Waals surface area contributed by atoms with Gasteiger partial charge in [-0.05, 0) is 50.9 Å². The van der Waals surface area contributed by atoms with Crippen LogP contribution >= 0.6 is 0 Å². The molecule has 0 radical (unpaired) electrons. The lowest BCUT2D eigenvalue weighted by atomic mass is 10.1. The molecule has 0 aromatic carbocycles. The van der Waals surface area contributed by atoms with Crippen molar-refractivity contribution in [1.82, 2.24) is 19.6 Å². The van der Waals surface area contributed by atoms with Crippen LogP contribution in [0.3, 0.4) is 0 Å². The molecular formula is C17H26N4. The first-order chi connectivity index (χ1) is 10.3. The van der Waals surface area contributed by atoms with E-state index in [2.05, 4.69) is 53.0 Å². The van der Waals surface area contributed by atoms with E-state index in [0.717, 1.165) is 25.3 Å². The molecular weight excluding hydrogens is 260 g/mol. The van der Waals surface area contributed by atoms with Gasteiger partial charge in [-0.3, -0.25) is 4.90 Å². The van der Waals surface area contributed by atoms with Crippen LogP contribution < -0.4 is 5.32 Å². The monoisotopic (exact) mass is 286 g/mol. The van der Waals surface area contributed by atoms with Crippen LogP contribution in [0.1, 0.15) is 37.4 Å². The zero-order valence-electron chi connectivity index (χ0n) is 13.2. The predicted octanol–water partition coefficient (Wildman–Crippen LogP) is 2.61. The molecule has 1 aliphatic rings. The number of rotatable bonds is 5. The third-order valence-corrected chi connectivity index (χ3v) is 4.31. The maximum atomic E-state index is 4.77. The van der Waals surface area contributed by atoms with Crippen molar-refractivity contribution < 1.29 is 0 Å². The Kier molecular flexibility index (Phi) is 4.56. The van der Waals surface area contributed by atoms with Crippen molar-refractivity contribution in [2.45, 2.75) is 45.7 Å². The third-order valence-electron chi connectivity index (χ3n) is 4.31. The zero-order chi connectivity index (χ0) is 14.7. The Labute approximate surface area is 127 Å². The first-order valence-corrected chi connectivity index (χ1v) is 8.15. The summed E-state index contributed by atoms with van der Waals surface area (Å²) in [5.74, 6) is 0. The number of fused-ring (bicyclic) bond motifs is 1. The van der Waals surface area contributed by atoms with Crippen molar-refractivity contribution in [1.29, 1.82) is 0 Å². The fourth-order valence-electron chi connectivity index (χ4n) is 3.26. The summed E-state index contributed by atoms with van der Waals surface area (Å²) in [7, 11) is 0. The summed E-state index contributed by atoms with van der Waals surface area (Å²) in [6, 6.07) is 4.89. The summed E-state index contributed by atoms with van der Waals surface area (Å²) >= 11 is 0. The van der Waals surface area contributed by atoms with Crippen LogP contribution in [0.4, 0.5) is 0 Å². The highest BCUT2D eigenvalue weighted by molar-refractivity contribution is 5.41. The number of hydrogen-bond acceptors (Lipinski definition) is 3. The van der Waals surface area contributed by atoms with Crippen LogP contribution in [-0.2, 0) is 6.54 Å². The molecule has 1 atom stereocenters. The van der Waals surface area contributed by atoms with Crippen LogP contribution in [0, 0.1) is 6.92 Å². The highest BCUT2D eigenvalue weighted by atomic mass is 15.2. The second-order valence-corrected chi connectivity index (χ2v) is 6.17. The van der Waals surface area contributed by atoms with Crippen LogP contribution in [0.5, 0.6) is 0 Å². The number of aryl methyl sites for hydroxylation is 1. The normalized spacial score (nSPS) is 19.5. The molecule has 1 aliphatic heterocycles. The Balaban J connectivity index is 1.76. The molecule has 3 heterocycles. The maximum Gasteiger partial charge on any atom is 0.137 e. The van der Waals surface area contributed by atoms with Crippen molar-refractivity contribution in [3.8, 4) is 0 Å². The minimum Gasteiger partial charge on any atom is -0.315 e. The van der Waals surface area contributed by atoms with Crippen LogP contribution in [0.15, 0.2) is 24.5 Å². The summed E-state index contributed by atoms with van der Waals surface area (Å²) in [4.78, 5) is 7.37. The van der Waals surface area contributed by atoms with E-state index >= 15 is 0 Å². The Morgan fingerprint density at radius 1 is 1.38 bits per heavy atom. The fraction of sp³-hybridized carbons (Fsp3) is 0.588. The largest absolute Gasteiger partial charge is 0.315 e. The lowest BCUT2D eigenvalue weighted by Crippen LogP contribution is -2.45. The molecule has 2 aromatic rings. The fourth-order valence-corrected chi connectivity index (χ4v) is 3.26. The third kappa shape index (κ3) is 3.44. The molecule has 0 spiro atoms. The summed E-state index contributed by atoms with van der Waals surface area (Å²) in [5, 5.41) is 3.53. The molecule has 0 saturated carbocycles. The van der Waals surface area contributed by atoms with Gasteiger partial charge in [-0.2, -0.15) is 0 Å². The minimum atomic E-state index is 0.658. The van der Waals surface area contributed by atoms with Gasteiger partial charge in [0.05, 0.1) is 5.69 Å². The van der Waals surface area contributed by atoms with E-state index in [1.807, 2.05) is 0 Å². The molecule has 0 amide bonds. The smallest absolute Gasteiger partial charge is 0.137 e. The minimum absolute atomic E-state index is 0.658. The van der Waals surface area contributed by atoms with Gasteiger partial charge < -0.3 is 9.72 Å². The second-order valence-electron chi connectivity index (χ2n) is 6.17. The Bertz CT molecular complexity index is 583. The molecule has 114 valence electrons. The van der Waals surface area contributed by atoms with Crippen LogP contribution in [0.25, 0.3) is 5.65 Å². The average molecular weight is 286 g/mol. The molecule has 1 fully saturated rings. The lowest BCUT2D eigenvalue weighted by Gasteiger charge is -2.34. The van der Waals surface area contributed by atoms with E-state index in [-0.39, 0.29) is 0 Å². The Morgan fingerprint density at radius 2 is 2.29 bits per heavy atom. The first kappa shape index (κ1) is 14.5. The van der Waals surface area contributed by atoms with Gasteiger partial charge in [0.2, 0.25) is 0 Å². The van der Waals surface area contributed by atoms with E-state index in [1.165, 1.54) is 37.1 Å². The van der Waals surface area contributed by atoms with Gasteiger partial charge in [0.15, 0.2) is 0 Å². The summed E-state index contributed by atoms with van der Waals surface area (Å²) < 4.78 is 2.15. The van der Waals surface area contributed by atoms with Gasteiger partial charge in [0.1, 0.15) is 5.65 Å². The van der Waals surface area contributed by atoms with Crippen molar-refractivity contribution in [3.05, 3.63) is 35.8 Å². The highest BCUT2D eigenvalue weighted by Gasteiger charge is 2.21. The zero-order valence-corrected chi connectivity index (χ0v) is 13.2. The molecule has 1 saturated heterocycles. The maximum absolute atomic E-state index is 4.77. The molecule has 4 heteroatoms. The van der Waals surface area contributed by atoms with Gasteiger partial charge >= 0.3 is 0 Å². The number of imidazole rings is 1. The molecule has 1 N–H and O–H groups in total. The highest BCUT2D eigenvalue weighted by Crippen LogP contribution is 2.15. The Morgan fingerprint density at radius 3 is 3.05 bits per heavy atom. The first-order valence-electron chi connectivity index (χ1n) is 8.15. The van der Waals surface area contributed by atoms with Gasteiger partial charge in [0.25, 0.3) is 0 Å². The van der Waals surface area contributed by atoms with Gasteiger partial charge in [-0.25, -0.2) is 4.98 Å². The summed E-state index contributed by atoms with van der Waals surface area (Å²) in [6.07, 6.45) is 8.12. The number of nitrogens with zero attached hydrogens (tertiary/aromatic N) is 3. The standard InChI is InChI=1S/C17H26N4/c1-3-9-20(16-5-4-8-18-10-16)12-15-13-21-11-14(2)6-7-17(21)19-15/h6-7,11,13,16,18H,3-5,8-10,12H2,1-2H3. The second kappa shape index (κ2) is 6.58. The molecule has 21 heavy (non-hydrogen) atoms. The molecule has 0 aliphatic carbocycles. The SMILES string of the molecule is CCCN(Cc1cn2cc(C)ccc2n1)C1CCCNC1. The number of nitrogens with one attached hydrogen (secondary N) is 1. The molecule has 4 nitrogen and oxygen atoms in total. The number of piperidine rings is 1. The Hall–Kier alpha value is -1.39. The van der Waals surface area contributed by atoms with Gasteiger partial charge in [0, 0.05) is 31.5 Å². The van der Waals surface area contributed by atoms with E-state index in [1.54, 1.807) is 0 Å². The van der Waals surface area contributed by atoms with E-state index in [9.17, 15) is 0 Å². The van der Waals surface area contributed by atoms with E-state index < -0.39 is 0 Å². The van der Waals surface area contributed by atoms with E-state index in [0.29, 0.717) is 6.04 Å². The number of aromatic nitrogens is 2. The summed E-state index contributed by atoms with van der Waals surface area (Å²) in [6.45, 7) is 8.78. The van der Waals surface area contributed by atoms with Crippen molar-refractivity contribution in [2.24, 2.45) is 0 Å². The molecule has 2 aromatic heterocycles. The van der Waals surface area contributed by atoms with Crippen molar-refractivity contribution in [3.63, 3.8) is 0 Å². The van der Waals surface area contributed by atoms with Crippen LogP contribution in [-0.4, -0.2) is 40.0 Å². The molecule has 0 bridgehead atoms.